The first-order chi connectivity index (χ1) is 17.7. The van der Waals surface area contributed by atoms with Crippen LogP contribution < -0.4 is 19.5 Å². The number of aromatic hydroxyl groups is 1. The van der Waals surface area contributed by atoms with Gasteiger partial charge in [0.2, 0.25) is 10.0 Å². The van der Waals surface area contributed by atoms with E-state index in [0.717, 1.165) is 31.1 Å². The number of aliphatic hydroxyl groups is 1. The summed E-state index contributed by atoms with van der Waals surface area (Å²) in [6, 6.07) is 20.7. The lowest BCUT2D eigenvalue weighted by atomic mass is 9.98. The van der Waals surface area contributed by atoms with Crippen LogP contribution in [0.5, 0.6) is 17.2 Å². The molecule has 0 saturated heterocycles. The van der Waals surface area contributed by atoms with Crippen molar-refractivity contribution in [1.29, 1.82) is 0 Å². The molecule has 8 nitrogen and oxygen atoms in total. The number of hydrogen-bond donors (Lipinski definition) is 4. The molecule has 0 aliphatic rings. The van der Waals surface area contributed by atoms with Crippen LogP contribution in [0.15, 0.2) is 66.7 Å². The summed E-state index contributed by atoms with van der Waals surface area (Å²) < 4.78 is 36.3. The van der Waals surface area contributed by atoms with Crippen molar-refractivity contribution in [1.82, 2.24) is 5.32 Å². The van der Waals surface area contributed by atoms with Crippen LogP contribution in [0.1, 0.15) is 35.6 Å². The van der Waals surface area contributed by atoms with Gasteiger partial charge >= 0.3 is 0 Å². The van der Waals surface area contributed by atoms with Crippen molar-refractivity contribution in [3.05, 3.63) is 83.4 Å². The Morgan fingerprint density at radius 3 is 2.32 bits per heavy atom. The molecule has 0 aliphatic heterocycles. The highest BCUT2D eigenvalue weighted by Crippen LogP contribution is 2.32. The van der Waals surface area contributed by atoms with E-state index in [0.29, 0.717) is 23.6 Å². The Labute approximate surface area is 219 Å². The minimum atomic E-state index is -3.54. The molecule has 0 fully saturated rings. The molecule has 3 aromatic rings. The Kier molecular flexibility index (Phi) is 10.2. The summed E-state index contributed by atoms with van der Waals surface area (Å²) in [5, 5.41) is 24.2. The Morgan fingerprint density at radius 2 is 1.65 bits per heavy atom. The maximum Gasteiger partial charge on any atom is 0.229 e. The van der Waals surface area contributed by atoms with Gasteiger partial charge < -0.3 is 25.0 Å². The van der Waals surface area contributed by atoms with Crippen molar-refractivity contribution in [2.45, 2.75) is 37.8 Å². The van der Waals surface area contributed by atoms with E-state index in [9.17, 15) is 18.6 Å². The average Bonchev–Trinajstić information content (AvgIpc) is 2.87. The zero-order valence-electron chi connectivity index (χ0n) is 21.5. The summed E-state index contributed by atoms with van der Waals surface area (Å²) in [5.74, 6) is 1.12. The molecule has 0 saturated carbocycles. The van der Waals surface area contributed by atoms with Gasteiger partial charge in [0.05, 0.1) is 32.3 Å². The molecule has 2 unspecified atom stereocenters. The molecule has 0 aromatic heterocycles. The molecule has 9 heteroatoms. The molecule has 0 spiro atoms. The maximum atomic E-state index is 11.6. The highest BCUT2D eigenvalue weighted by atomic mass is 32.2. The molecule has 0 aliphatic carbocycles. The molecule has 2 atom stereocenters. The molecular weight excluding hydrogens is 492 g/mol. The van der Waals surface area contributed by atoms with Gasteiger partial charge in [-0.3, -0.25) is 4.72 Å². The van der Waals surface area contributed by atoms with E-state index in [1.165, 1.54) is 17.7 Å². The number of aliphatic hydroxyl groups excluding tert-OH is 1. The van der Waals surface area contributed by atoms with Crippen molar-refractivity contribution in [2.24, 2.45) is 0 Å². The fraction of sp³-hybridized carbons (Fsp3) is 0.357. The van der Waals surface area contributed by atoms with E-state index in [2.05, 4.69) is 22.2 Å². The van der Waals surface area contributed by atoms with Gasteiger partial charge in [-0.25, -0.2) is 8.42 Å². The van der Waals surface area contributed by atoms with Crippen molar-refractivity contribution in [3.63, 3.8) is 0 Å². The van der Waals surface area contributed by atoms with Gasteiger partial charge in [-0.2, -0.15) is 0 Å². The minimum Gasteiger partial charge on any atom is -0.506 e. The number of phenols is 1. The first kappa shape index (κ1) is 28.3. The van der Waals surface area contributed by atoms with E-state index in [1.807, 2.05) is 36.4 Å². The van der Waals surface area contributed by atoms with Crippen LogP contribution in [0.3, 0.4) is 0 Å². The van der Waals surface area contributed by atoms with Crippen LogP contribution in [0.25, 0.3) is 0 Å². The number of ether oxygens (including phenoxy) is 2. The van der Waals surface area contributed by atoms with Crippen LogP contribution in [0.2, 0.25) is 0 Å². The van der Waals surface area contributed by atoms with Crippen molar-refractivity contribution < 1.29 is 28.1 Å². The van der Waals surface area contributed by atoms with E-state index in [-0.39, 0.29) is 23.9 Å². The smallest absolute Gasteiger partial charge is 0.229 e. The van der Waals surface area contributed by atoms with Crippen LogP contribution in [0, 0.1) is 0 Å². The molecule has 0 bridgehead atoms. The Bertz CT molecular complexity index is 1250. The SMILES string of the molecule is COc1ccc(C(CCCc2ccccc2)NCC(O)Cc2ccc(O)c(NS(C)(=O)=O)c2)cc1OC. The third-order valence-corrected chi connectivity index (χ3v) is 6.63. The molecule has 3 rings (SSSR count). The van der Waals surface area contributed by atoms with Crippen LogP contribution >= 0.6 is 0 Å². The van der Waals surface area contributed by atoms with Gasteiger partial charge in [-0.05, 0) is 66.6 Å². The number of aryl methyl sites for hydroxylation is 1. The molecule has 0 radical (unpaired) electrons. The highest BCUT2D eigenvalue weighted by molar-refractivity contribution is 7.92. The van der Waals surface area contributed by atoms with Gasteiger partial charge in [-0.15, -0.1) is 0 Å². The molecule has 37 heavy (non-hydrogen) atoms. The first-order valence-electron chi connectivity index (χ1n) is 12.2. The largest absolute Gasteiger partial charge is 0.506 e. The second kappa shape index (κ2) is 13.3. The van der Waals surface area contributed by atoms with Crippen molar-refractivity contribution in [2.75, 3.05) is 31.7 Å². The fourth-order valence-electron chi connectivity index (χ4n) is 4.23. The number of nitrogens with one attached hydrogen (secondary N) is 2. The van der Waals surface area contributed by atoms with Crippen molar-refractivity contribution >= 4 is 15.7 Å². The molecule has 4 N–H and O–H groups in total. The van der Waals surface area contributed by atoms with Gasteiger partial charge in [-0.1, -0.05) is 42.5 Å². The number of anilines is 1. The summed E-state index contributed by atoms with van der Waals surface area (Å²) in [7, 11) is -0.335. The van der Waals surface area contributed by atoms with Crippen molar-refractivity contribution in [3.8, 4) is 17.2 Å². The molecular formula is C28H36N2O6S. The number of benzene rings is 3. The Morgan fingerprint density at radius 1 is 0.919 bits per heavy atom. The van der Waals surface area contributed by atoms with Gasteiger partial charge in [0.1, 0.15) is 5.75 Å². The van der Waals surface area contributed by atoms with Gasteiger partial charge in [0, 0.05) is 12.6 Å². The van der Waals surface area contributed by atoms with E-state index >= 15 is 0 Å². The second-order valence-electron chi connectivity index (χ2n) is 9.04. The summed E-state index contributed by atoms with van der Waals surface area (Å²) >= 11 is 0. The fourth-order valence-corrected chi connectivity index (χ4v) is 4.79. The third-order valence-electron chi connectivity index (χ3n) is 6.04. The topological polar surface area (TPSA) is 117 Å². The first-order valence-corrected chi connectivity index (χ1v) is 14.0. The third kappa shape index (κ3) is 8.96. The Balaban J connectivity index is 1.68. The van der Waals surface area contributed by atoms with Crippen LogP contribution in [-0.2, 0) is 22.9 Å². The number of sulfonamides is 1. The minimum absolute atomic E-state index is 0.0274. The molecule has 3 aromatic carbocycles. The second-order valence-corrected chi connectivity index (χ2v) is 10.8. The van der Waals surface area contributed by atoms with Gasteiger partial charge in [0.25, 0.3) is 0 Å². The standard InChI is InChI=1S/C28H36N2O6S/c1-35-27-15-13-22(18-28(27)36-2)24(11-7-10-20-8-5-4-6-9-20)29-19-23(31)16-21-12-14-26(32)25(17-21)30-37(3,33)34/h4-6,8-9,12-15,17-18,23-24,29-32H,7,10-11,16,19H2,1-3H3. The number of methoxy groups -OCH3 is 2. The average molecular weight is 529 g/mol. The number of hydrogen-bond acceptors (Lipinski definition) is 7. The lowest BCUT2D eigenvalue weighted by molar-refractivity contribution is 0.166. The monoisotopic (exact) mass is 528 g/mol. The summed E-state index contributed by atoms with van der Waals surface area (Å²) in [5.41, 5.74) is 3.09. The summed E-state index contributed by atoms with van der Waals surface area (Å²) in [6.07, 6.45) is 3.31. The molecule has 0 heterocycles. The normalized spacial score (nSPS) is 13.1. The van der Waals surface area contributed by atoms with Crippen LogP contribution in [-0.4, -0.2) is 51.8 Å². The predicted molar refractivity (Wildman–Crippen MR) is 146 cm³/mol. The summed E-state index contributed by atoms with van der Waals surface area (Å²) in [6.45, 7) is 0.320. The number of phenolic OH excluding ortho intramolecular Hbond substituents is 1. The van der Waals surface area contributed by atoms with Gasteiger partial charge in [0.15, 0.2) is 11.5 Å². The highest BCUT2D eigenvalue weighted by Gasteiger charge is 2.17. The quantitative estimate of drug-likeness (QED) is 0.233. The zero-order valence-corrected chi connectivity index (χ0v) is 22.3. The van der Waals surface area contributed by atoms with E-state index in [4.69, 9.17) is 9.47 Å². The van der Waals surface area contributed by atoms with E-state index < -0.39 is 16.1 Å². The van der Waals surface area contributed by atoms with E-state index in [1.54, 1.807) is 20.3 Å². The van der Waals surface area contributed by atoms with Crippen LogP contribution in [0.4, 0.5) is 5.69 Å². The lowest BCUT2D eigenvalue weighted by Crippen LogP contribution is -2.32. The summed E-state index contributed by atoms with van der Waals surface area (Å²) in [4.78, 5) is 0. The Hall–Kier alpha value is -3.27. The lowest BCUT2D eigenvalue weighted by Gasteiger charge is -2.23. The molecule has 200 valence electrons. The maximum absolute atomic E-state index is 11.6. The zero-order chi connectivity index (χ0) is 26.8. The number of rotatable bonds is 14. The predicted octanol–water partition coefficient (Wildman–Crippen LogP) is 4.04. The molecule has 0 amide bonds.